The van der Waals surface area contributed by atoms with Crippen molar-refractivity contribution in [2.24, 2.45) is 0 Å². The molecule has 0 N–H and O–H groups in total. The first-order valence-corrected chi connectivity index (χ1v) is 17.7. The van der Waals surface area contributed by atoms with Gasteiger partial charge in [-0.05, 0) is 70.8 Å². The normalized spacial score (nSPS) is 12.1. The number of nitrogens with zero attached hydrogens (tertiary/aromatic N) is 3. The van der Waals surface area contributed by atoms with E-state index in [0.29, 0.717) is 17.5 Å². The molecule has 5 heteroatoms. The van der Waals surface area contributed by atoms with Gasteiger partial charge in [0, 0.05) is 38.2 Å². The third-order valence-corrected chi connectivity index (χ3v) is 9.88. The summed E-state index contributed by atoms with van der Waals surface area (Å²) in [6, 6.07) is 49.7. The van der Waals surface area contributed by atoms with Crippen LogP contribution in [0.5, 0.6) is 0 Å². The molecule has 0 bridgehead atoms. The van der Waals surface area contributed by atoms with Gasteiger partial charge in [-0.3, -0.25) is 0 Å². The van der Waals surface area contributed by atoms with Gasteiger partial charge in [0.25, 0.3) is 0 Å². The van der Waals surface area contributed by atoms with Crippen LogP contribution in [0.25, 0.3) is 106 Å². The Morgan fingerprint density at radius 2 is 0.906 bits per heavy atom. The highest BCUT2D eigenvalue weighted by Crippen LogP contribution is 2.42. The molecule has 0 atom stereocenters. The number of hydrogen-bond donors (Lipinski definition) is 0. The summed E-state index contributed by atoms with van der Waals surface area (Å²) in [7, 11) is 0. The molecule has 250 valence electrons. The van der Waals surface area contributed by atoms with Gasteiger partial charge in [0.15, 0.2) is 17.5 Å². The second-order valence-corrected chi connectivity index (χ2v) is 13.1. The number of fused-ring (bicyclic) bond motifs is 7. The SMILES string of the molecule is C/C=C\C=C/c1cc2ccccc2cc1-c1nc(-c2ccccc2-c2cccc3oc4ccccc4c23)nc(-c2cccc3oc4ccccc4c23)n1. The molecule has 0 aliphatic heterocycles. The fourth-order valence-corrected chi connectivity index (χ4v) is 7.47. The average molecular weight is 682 g/mol. The molecule has 3 aromatic heterocycles. The smallest absolute Gasteiger partial charge is 0.164 e. The number of aromatic nitrogens is 3. The molecule has 7 aromatic carbocycles. The second-order valence-electron chi connectivity index (χ2n) is 13.1. The van der Waals surface area contributed by atoms with Crippen LogP contribution in [0.1, 0.15) is 12.5 Å². The summed E-state index contributed by atoms with van der Waals surface area (Å²) in [6.45, 7) is 2.01. The van der Waals surface area contributed by atoms with Crippen LogP contribution in [-0.4, -0.2) is 15.0 Å². The number of rotatable bonds is 6. The Kier molecular flexibility index (Phi) is 7.29. The summed E-state index contributed by atoms with van der Waals surface area (Å²) in [6.07, 6.45) is 8.23. The third kappa shape index (κ3) is 5.21. The van der Waals surface area contributed by atoms with Crippen LogP contribution < -0.4 is 0 Å². The van der Waals surface area contributed by atoms with E-state index in [1.807, 2.05) is 79.7 Å². The van der Waals surface area contributed by atoms with E-state index in [1.54, 1.807) is 0 Å². The number of para-hydroxylation sites is 2. The maximum atomic E-state index is 6.32. The minimum atomic E-state index is 0.570. The second kappa shape index (κ2) is 12.6. The van der Waals surface area contributed by atoms with E-state index in [1.165, 1.54) is 0 Å². The molecular weight excluding hydrogens is 651 g/mol. The Bertz CT molecular complexity index is 3090. The predicted molar refractivity (Wildman–Crippen MR) is 217 cm³/mol. The molecule has 0 fully saturated rings. The lowest BCUT2D eigenvalue weighted by Gasteiger charge is -2.14. The highest BCUT2D eigenvalue weighted by atomic mass is 16.3. The van der Waals surface area contributed by atoms with Crippen molar-refractivity contribution in [3.8, 4) is 45.3 Å². The number of hydrogen-bond acceptors (Lipinski definition) is 5. The van der Waals surface area contributed by atoms with E-state index in [-0.39, 0.29) is 0 Å². The molecule has 0 unspecified atom stereocenters. The first kappa shape index (κ1) is 30.7. The fourth-order valence-electron chi connectivity index (χ4n) is 7.47. The van der Waals surface area contributed by atoms with Crippen LogP contribution in [-0.2, 0) is 0 Å². The van der Waals surface area contributed by atoms with Gasteiger partial charge in [0.2, 0.25) is 0 Å². The van der Waals surface area contributed by atoms with Crippen LogP contribution in [0.4, 0.5) is 0 Å². The van der Waals surface area contributed by atoms with Gasteiger partial charge in [-0.1, -0.05) is 133 Å². The lowest BCUT2D eigenvalue weighted by atomic mass is 9.95. The highest BCUT2D eigenvalue weighted by molar-refractivity contribution is 6.14. The van der Waals surface area contributed by atoms with Crippen molar-refractivity contribution < 1.29 is 8.83 Å². The first-order chi connectivity index (χ1) is 26.2. The van der Waals surface area contributed by atoms with Crippen molar-refractivity contribution in [3.63, 3.8) is 0 Å². The number of furan rings is 2. The summed E-state index contributed by atoms with van der Waals surface area (Å²) in [5.74, 6) is 1.73. The molecule has 5 nitrogen and oxygen atoms in total. The highest BCUT2D eigenvalue weighted by Gasteiger charge is 2.21. The predicted octanol–water partition coefficient (Wildman–Crippen LogP) is 13.1. The Labute approximate surface area is 305 Å². The van der Waals surface area contributed by atoms with Crippen molar-refractivity contribution in [2.75, 3.05) is 0 Å². The van der Waals surface area contributed by atoms with Crippen molar-refractivity contribution in [3.05, 3.63) is 169 Å². The van der Waals surface area contributed by atoms with Gasteiger partial charge in [0.1, 0.15) is 22.3 Å². The fraction of sp³-hybridized carbons (Fsp3) is 0.0208. The molecule has 53 heavy (non-hydrogen) atoms. The summed E-state index contributed by atoms with van der Waals surface area (Å²) >= 11 is 0. The zero-order chi connectivity index (χ0) is 35.3. The summed E-state index contributed by atoms with van der Waals surface area (Å²) < 4.78 is 12.6. The molecule has 0 spiro atoms. The summed E-state index contributed by atoms with van der Waals surface area (Å²) in [5, 5.41) is 6.37. The van der Waals surface area contributed by atoms with Crippen LogP contribution in [0.2, 0.25) is 0 Å². The standard InChI is InChI=1S/C48H31N3O2/c1-2-3-4-17-32-28-30-15-5-6-16-31(30)29-39(32)48-50-46(49-47(51-48)38-23-14-27-43-45(38)37-21-10-12-25-41(37)53-43)35-19-8-7-18-33(35)34-22-13-26-42-44(34)36-20-9-11-24-40(36)52-42/h2-29H,1H3/b3-2-,17-4-. The average Bonchev–Trinajstić information content (AvgIpc) is 3.79. The molecule has 0 saturated carbocycles. The van der Waals surface area contributed by atoms with Crippen LogP contribution in [0, 0.1) is 0 Å². The zero-order valence-corrected chi connectivity index (χ0v) is 28.8. The lowest BCUT2D eigenvalue weighted by molar-refractivity contribution is 0.668. The van der Waals surface area contributed by atoms with E-state index < -0.39 is 0 Å². The van der Waals surface area contributed by atoms with Gasteiger partial charge in [-0.25, -0.2) is 15.0 Å². The Morgan fingerprint density at radius 3 is 1.58 bits per heavy atom. The van der Waals surface area contributed by atoms with Crippen LogP contribution in [0.15, 0.2) is 173 Å². The Balaban J connectivity index is 1.28. The van der Waals surface area contributed by atoms with E-state index in [9.17, 15) is 0 Å². The maximum Gasteiger partial charge on any atom is 0.164 e. The monoisotopic (exact) mass is 681 g/mol. The quantitative estimate of drug-likeness (QED) is 0.163. The van der Waals surface area contributed by atoms with Crippen LogP contribution >= 0.6 is 0 Å². The minimum absolute atomic E-state index is 0.570. The summed E-state index contributed by atoms with van der Waals surface area (Å²) in [4.78, 5) is 15.9. The number of allylic oxidation sites excluding steroid dienone is 3. The zero-order valence-electron chi connectivity index (χ0n) is 28.8. The van der Waals surface area contributed by atoms with E-state index in [2.05, 4.69) is 97.1 Å². The largest absolute Gasteiger partial charge is 0.456 e. The van der Waals surface area contributed by atoms with Gasteiger partial charge in [-0.2, -0.15) is 0 Å². The van der Waals surface area contributed by atoms with Gasteiger partial charge >= 0.3 is 0 Å². The molecule has 10 aromatic rings. The molecule has 0 radical (unpaired) electrons. The Morgan fingerprint density at radius 1 is 0.415 bits per heavy atom. The summed E-state index contributed by atoms with van der Waals surface area (Å²) in [5.41, 5.74) is 9.05. The molecular formula is C48H31N3O2. The van der Waals surface area contributed by atoms with E-state index in [4.69, 9.17) is 23.8 Å². The molecule has 0 aliphatic rings. The van der Waals surface area contributed by atoms with E-state index >= 15 is 0 Å². The molecule has 0 aliphatic carbocycles. The first-order valence-electron chi connectivity index (χ1n) is 17.7. The van der Waals surface area contributed by atoms with Gasteiger partial charge < -0.3 is 8.83 Å². The van der Waals surface area contributed by atoms with Gasteiger partial charge in [0.05, 0.1) is 0 Å². The van der Waals surface area contributed by atoms with Gasteiger partial charge in [-0.15, -0.1) is 0 Å². The van der Waals surface area contributed by atoms with Crippen molar-refractivity contribution in [2.45, 2.75) is 6.92 Å². The molecule has 0 saturated heterocycles. The molecule has 0 amide bonds. The Hall–Kier alpha value is -7.11. The third-order valence-electron chi connectivity index (χ3n) is 9.88. The van der Waals surface area contributed by atoms with Crippen molar-refractivity contribution >= 4 is 60.7 Å². The minimum Gasteiger partial charge on any atom is -0.456 e. The van der Waals surface area contributed by atoms with Crippen molar-refractivity contribution in [1.82, 2.24) is 15.0 Å². The van der Waals surface area contributed by atoms with Crippen LogP contribution in [0.3, 0.4) is 0 Å². The van der Waals surface area contributed by atoms with E-state index in [0.717, 1.165) is 88.0 Å². The molecule has 3 heterocycles. The maximum absolute atomic E-state index is 6.32. The lowest BCUT2D eigenvalue weighted by Crippen LogP contribution is -2.02. The van der Waals surface area contributed by atoms with Crippen molar-refractivity contribution in [1.29, 1.82) is 0 Å². The number of benzene rings is 7. The molecule has 10 rings (SSSR count). The topological polar surface area (TPSA) is 65.0 Å².